The first kappa shape index (κ1) is 18.8. The molecule has 142 valence electrons. The minimum Gasteiger partial charge on any atom is -0.484 e. The van der Waals surface area contributed by atoms with Gasteiger partial charge in [0.25, 0.3) is 11.8 Å². The molecule has 1 aromatic heterocycles. The summed E-state index contributed by atoms with van der Waals surface area (Å²) >= 11 is 0. The molecule has 0 saturated heterocycles. The Morgan fingerprint density at radius 2 is 1.82 bits per heavy atom. The Kier molecular flexibility index (Phi) is 6.14. The second-order valence-corrected chi connectivity index (χ2v) is 5.67. The number of benzene rings is 2. The Hall–Kier alpha value is -3.94. The van der Waals surface area contributed by atoms with Gasteiger partial charge in [-0.3, -0.25) is 20.4 Å². The third-order valence-corrected chi connectivity index (χ3v) is 3.56. The van der Waals surface area contributed by atoms with E-state index in [2.05, 4.69) is 16.0 Å². The molecule has 8 heteroatoms. The number of rotatable bonds is 6. The Morgan fingerprint density at radius 1 is 1.07 bits per heavy atom. The van der Waals surface area contributed by atoms with Crippen LogP contribution in [0.15, 0.2) is 73.1 Å². The van der Waals surface area contributed by atoms with Crippen LogP contribution in [0.2, 0.25) is 0 Å². The number of nitrogens with zero attached hydrogens (tertiary/aromatic N) is 2. The van der Waals surface area contributed by atoms with Gasteiger partial charge < -0.3 is 4.74 Å². The summed E-state index contributed by atoms with van der Waals surface area (Å²) in [6.45, 7) is -0.320. The molecule has 1 heterocycles. The van der Waals surface area contributed by atoms with E-state index in [-0.39, 0.29) is 6.61 Å². The van der Waals surface area contributed by atoms with Crippen LogP contribution in [0.5, 0.6) is 5.75 Å². The Morgan fingerprint density at radius 3 is 2.57 bits per heavy atom. The highest BCUT2D eigenvalue weighted by Gasteiger charge is 2.04. The van der Waals surface area contributed by atoms with E-state index in [1.54, 1.807) is 23.2 Å². The van der Waals surface area contributed by atoms with Crippen molar-refractivity contribution < 1.29 is 18.7 Å². The first-order valence-electron chi connectivity index (χ1n) is 8.35. The van der Waals surface area contributed by atoms with Crippen LogP contribution in [0.25, 0.3) is 11.8 Å². The molecular weight excluding hydrogens is 363 g/mol. The molecule has 0 radical (unpaired) electrons. The van der Waals surface area contributed by atoms with Crippen LogP contribution >= 0.6 is 0 Å². The van der Waals surface area contributed by atoms with Gasteiger partial charge in [-0.25, -0.2) is 9.07 Å². The number of aromatic nitrogens is 2. The predicted molar refractivity (Wildman–Crippen MR) is 101 cm³/mol. The van der Waals surface area contributed by atoms with Gasteiger partial charge in [-0.05, 0) is 42.5 Å². The van der Waals surface area contributed by atoms with Crippen LogP contribution in [0.4, 0.5) is 4.39 Å². The molecule has 2 amide bonds. The molecule has 0 fully saturated rings. The van der Waals surface area contributed by atoms with Crippen molar-refractivity contribution in [2.24, 2.45) is 0 Å². The fraction of sp³-hybridized carbons (Fsp3) is 0.0500. The Bertz CT molecular complexity index is 969. The number of amides is 2. The highest BCUT2D eigenvalue weighted by atomic mass is 19.1. The van der Waals surface area contributed by atoms with Crippen LogP contribution in [-0.4, -0.2) is 28.2 Å². The van der Waals surface area contributed by atoms with E-state index in [1.165, 1.54) is 30.3 Å². The van der Waals surface area contributed by atoms with Crippen LogP contribution in [0.1, 0.15) is 5.56 Å². The maximum absolute atomic E-state index is 12.8. The third-order valence-electron chi connectivity index (χ3n) is 3.56. The summed E-state index contributed by atoms with van der Waals surface area (Å²) < 4.78 is 19.6. The molecular formula is C20H17FN4O3. The quantitative estimate of drug-likeness (QED) is 0.507. The molecule has 28 heavy (non-hydrogen) atoms. The smallest absolute Gasteiger partial charge is 0.276 e. The molecule has 0 aliphatic carbocycles. The van der Waals surface area contributed by atoms with Gasteiger partial charge in [-0.1, -0.05) is 18.2 Å². The molecule has 2 aromatic carbocycles. The fourth-order valence-electron chi connectivity index (χ4n) is 2.21. The van der Waals surface area contributed by atoms with Crippen LogP contribution < -0.4 is 15.6 Å². The number of ether oxygens (including phenoxy) is 1. The summed E-state index contributed by atoms with van der Waals surface area (Å²) in [4.78, 5) is 23.4. The van der Waals surface area contributed by atoms with Crippen molar-refractivity contribution in [3.63, 3.8) is 0 Å². The van der Waals surface area contributed by atoms with E-state index in [0.717, 1.165) is 11.3 Å². The molecule has 0 aliphatic heterocycles. The first-order valence-corrected chi connectivity index (χ1v) is 8.35. The maximum atomic E-state index is 12.8. The number of para-hydroxylation sites is 1. The topological polar surface area (TPSA) is 85.3 Å². The van der Waals surface area contributed by atoms with Crippen molar-refractivity contribution in [1.29, 1.82) is 0 Å². The lowest BCUT2D eigenvalue weighted by atomic mass is 10.3. The normalized spacial score (nSPS) is 10.6. The molecule has 0 spiro atoms. The molecule has 0 bridgehead atoms. The van der Waals surface area contributed by atoms with E-state index in [0.29, 0.717) is 5.75 Å². The largest absolute Gasteiger partial charge is 0.484 e. The van der Waals surface area contributed by atoms with Crippen molar-refractivity contribution in [3.8, 4) is 11.4 Å². The standard InChI is InChI=1S/C20H17FN4O3/c21-16-7-9-18(10-8-16)28-14-20(27)24-23-19(26)11-6-15-12-22-25(13-15)17-4-2-1-3-5-17/h1-13H,14H2,(H,23,26)(H,24,27)/b11-6+. The Balaban J connectivity index is 1.43. The average molecular weight is 380 g/mol. The van der Waals surface area contributed by atoms with Crippen LogP contribution in [0, 0.1) is 5.82 Å². The van der Waals surface area contributed by atoms with Crippen molar-refractivity contribution in [2.45, 2.75) is 0 Å². The molecule has 0 saturated carbocycles. The lowest BCUT2D eigenvalue weighted by Gasteiger charge is -2.07. The SMILES string of the molecule is O=C(/C=C/c1cnn(-c2ccccc2)c1)NNC(=O)COc1ccc(F)cc1. The van der Waals surface area contributed by atoms with Gasteiger partial charge in [0.2, 0.25) is 0 Å². The minimum atomic E-state index is -0.553. The summed E-state index contributed by atoms with van der Waals surface area (Å²) in [5.41, 5.74) is 6.10. The maximum Gasteiger partial charge on any atom is 0.276 e. The van der Waals surface area contributed by atoms with E-state index in [9.17, 15) is 14.0 Å². The monoisotopic (exact) mass is 380 g/mol. The fourth-order valence-corrected chi connectivity index (χ4v) is 2.21. The van der Waals surface area contributed by atoms with Gasteiger partial charge in [-0.15, -0.1) is 0 Å². The van der Waals surface area contributed by atoms with Crippen molar-refractivity contribution in [3.05, 3.63) is 84.4 Å². The molecule has 3 rings (SSSR count). The van der Waals surface area contributed by atoms with Crippen molar-refractivity contribution >= 4 is 17.9 Å². The van der Waals surface area contributed by atoms with E-state index < -0.39 is 17.6 Å². The number of nitrogens with one attached hydrogen (secondary N) is 2. The number of hydrogen-bond donors (Lipinski definition) is 2. The lowest BCUT2D eigenvalue weighted by molar-refractivity contribution is -0.128. The second-order valence-electron chi connectivity index (χ2n) is 5.67. The summed E-state index contributed by atoms with van der Waals surface area (Å²) in [5, 5.41) is 4.22. The summed E-state index contributed by atoms with van der Waals surface area (Å²) in [7, 11) is 0. The van der Waals surface area contributed by atoms with Gasteiger partial charge in [0.15, 0.2) is 6.61 Å². The molecule has 0 unspecified atom stereocenters. The summed E-state index contributed by atoms with van der Waals surface area (Å²) in [5.74, 6) is -1.12. The lowest BCUT2D eigenvalue weighted by Crippen LogP contribution is -2.43. The minimum absolute atomic E-state index is 0.320. The molecule has 7 nitrogen and oxygen atoms in total. The zero-order valence-corrected chi connectivity index (χ0v) is 14.7. The second kappa shape index (κ2) is 9.13. The third kappa shape index (κ3) is 5.53. The molecule has 3 aromatic rings. The van der Waals surface area contributed by atoms with E-state index >= 15 is 0 Å². The highest BCUT2D eigenvalue weighted by Crippen LogP contribution is 2.10. The van der Waals surface area contributed by atoms with Crippen molar-refractivity contribution in [2.75, 3.05) is 6.61 Å². The summed E-state index contributed by atoms with van der Waals surface area (Å²) in [6.07, 6.45) is 6.23. The number of halogens is 1. The van der Waals surface area contributed by atoms with Crippen LogP contribution in [-0.2, 0) is 9.59 Å². The number of hydrogen-bond acceptors (Lipinski definition) is 4. The van der Waals surface area contributed by atoms with Gasteiger partial charge in [0.05, 0.1) is 11.9 Å². The zero-order valence-electron chi connectivity index (χ0n) is 14.7. The number of hydrazine groups is 1. The van der Waals surface area contributed by atoms with Gasteiger partial charge in [-0.2, -0.15) is 5.10 Å². The number of carbonyl (C=O) groups excluding carboxylic acids is 2. The molecule has 2 N–H and O–H groups in total. The molecule has 0 atom stereocenters. The average Bonchev–Trinajstić information content (AvgIpc) is 3.20. The zero-order chi connectivity index (χ0) is 19.8. The van der Waals surface area contributed by atoms with E-state index in [1.807, 2.05) is 30.3 Å². The molecule has 0 aliphatic rings. The van der Waals surface area contributed by atoms with Gasteiger partial charge >= 0.3 is 0 Å². The highest BCUT2D eigenvalue weighted by molar-refractivity contribution is 5.93. The van der Waals surface area contributed by atoms with Gasteiger partial charge in [0, 0.05) is 17.8 Å². The first-order chi connectivity index (χ1) is 13.6. The summed E-state index contributed by atoms with van der Waals surface area (Å²) in [6, 6.07) is 14.8. The van der Waals surface area contributed by atoms with Gasteiger partial charge in [0.1, 0.15) is 11.6 Å². The van der Waals surface area contributed by atoms with Crippen molar-refractivity contribution in [1.82, 2.24) is 20.6 Å². The number of carbonyl (C=O) groups is 2. The Labute approximate surface area is 160 Å². The predicted octanol–water partition coefficient (Wildman–Crippen LogP) is 2.25. The van der Waals surface area contributed by atoms with E-state index in [4.69, 9.17) is 4.74 Å². The van der Waals surface area contributed by atoms with Crippen LogP contribution in [0.3, 0.4) is 0 Å².